The summed E-state index contributed by atoms with van der Waals surface area (Å²) in [5.74, 6) is 0.812. The van der Waals surface area contributed by atoms with Gasteiger partial charge in [-0.05, 0) is 56.5 Å². The lowest BCUT2D eigenvalue weighted by molar-refractivity contribution is 0.167. The van der Waals surface area contributed by atoms with Crippen molar-refractivity contribution in [3.63, 3.8) is 0 Å². The lowest BCUT2D eigenvalue weighted by Gasteiger charge is -2.36. The molecule has 2 aromatic heterocycles. The van der Waals surface area contributed by atoms with Crippen molar-refractivity contribution in [1.29, 1.82) is 5.26 Å². The summed E-state index contributed by atoms with van der Waals surface area (Å²) in [6.45, 7) is 6.28. The number of aryl methyl sites for hydroxylation is 1. The maximum absolute atomic E-state index is 9.08. The summed E-state index contributed by atoms with van der Waals surface area (Å²) < 4.78 is 0. The van der Waals surface area contributed by atoms with Crippen LogP contribution in [0.1, 0.15) is 42.6 Å². The topological polar surface area (TPSA) is 64.8 Å². The predicted molar refractivity (Wildman–Crippen MR) is 94.6 cm³/mol. The molecule has 0 aliphatic carbocycles. The van der Waals surface area contributed by atoms with Crippen molar-refractivity contribution in [3.8, 4) is 6.07 Å². The number of likely N-dealkylation sites (tertiary alicyclic amines) is 1. The highest BCUT2D eigenvalue weighted by Gasteiger charge is 2.23. The quantitative estimate of drug-likeness (QED) is 0.936. The molecule has 0 radical (unpaired) electrons. The first-order valence-corrected chi connectivity index (χ1v) is 8.45. The second-order valence-corrected chi connectivity index (χ2v) is 6.41. The minimum Gasteiger partial charge on any atom is -0.367 e. The van der Waals surface area contributed by atoms with Crippen LogP contribution in [0.4, 0.5) is 5.82 Å². The van der Waals surface area contributed by atoms with E-state index in [1.165, 1.54) is 5.56 Å². The molecule has 0 saturated carbocycles. The lowest BCUT2D eigenvalue weighted by atomic mass is 10.0. The molecule has 3 rings (SSSR count). The molecule has 0 bridgehead atoms. The van der Waals surface area contributed by atoms with Crippen molar-refractivity contribution in [1.82, 2.24) is 14.9 Å². The minimum atomic E-state index is 0.409. The third kappa shape index (κ3) is 3.90. The lowest BCUT2D eigenvalue weighted by Crippen LogP contribution is -2.40. The molecule has 1 aliphatic heterocycles. The van der Waals surface area contributed by atoms with Crippen molar-refractivity contribution in [2.75, 3.05) is 18.4 Å². The van der Waals surface area contributed by atoms with Gasteiger partial charge in [-0.1, -0.05) is 0 Å². The van der Waals surface area contributed by atoms with Crippen LogP contribution >= 0.6 is 0 Å². The molecule has 1 aliphatic rings. The highest BCUT2D eigenvalue weighted by molar-refractivity contribution is 5.45. The highest BCUT2D eigenvalue weighted by atomic mass is 15.2. The van der Waals surface area contributed by atoms with Gasteiger partial charge in [0, 0.05) is 43.3 Å². The van der Waals surface area contributed by atoms with Gasteiger partial charge in [0.2, 0.25) is 0 Å². The van der Waals surface area contributed by atoms with Gasteiger partial charge < -0.3 is 5.32 Å². The van der Waals surface area contributed by atoms with E-state index in [2.05, 4.69) is 45.3 Å². The number of nitrogens with zero attached hydrogens (tertiary/aromatic N) is 4. The fourth-order valence-corrected chi connectivity index (χ4v) is 3.30. The van der Waals surface area contributed by atoms with Crippen LogP contribution in [0.5, 0.6) is 0 Å². The SMILES string of the molecule is Cc1cc(C#N)cc(NC2CCN(C(C)c3ccncc3)CC2)n1. The van der Waals surface area contributed by atoms with Crippen molar-refractivity contribution >= 4 is 5.82 Å². The molecule has 124 valence electrons. The Hall–Kier alpha value is -2.45. The monoisotopic (exact) mass is 321 g/mol. The number of nitrogens with one attached hydrogen (secondary N) is 1. The normalized spacial score (nSPS) is 17.2. The molecule has 0 aromatic carbocycles. The number of pyridine rings is 2. The van der Waals surface area contributed by atoms with Crippen molar-refractivity contribution in [2.45, 2.75) is 38.8 Å². The van der Waals surface area contributed by atoms with E-state index in [1.54, 1.807) is 0 Å². The summed E-state index contributed by atoms with van der Waals surface area (Å²) in [4.78, 5) is 11.1. The van der Waals surface area contributed by atoms with Gasteiger partial charge in [0.1, 0.15) is 5.82 Å². The molecule has 5 nitrogen and oxygen atoms in total. The van der Waals surface area contributed by atoms with Crippen LogP contribution in [0, 0.1) is 18.3 Å². The van der Waals surface area contributed by atoms with Crippen molar-refractivity contribution < 1.29 is 0 Å². The highest BCUT2D eigenvalue weighted by Crippen LogP contribution is 2.25. The van der Waals surface area contributed by atoms with Crippen LogP contribution in [0.15, 0.2) is 36.7 Å². The molecule has 1 N–H and O–H groups in total. The third-order valence-corrected chi connectivity index (χ3v) is 4.70. The Balaban J connectivity index is 1.58. The zero-order valence-electron chi connectivity index (χ0n) is 14.2. The molecule has 2 aromatic rings. The van der Waals surface area contributed by atoms with Gasteiger partial charge in [0.05, 0.1) is 11.6 Å². The second kappa shape index (κ2) is 7.41. The van der Waals surface area contributed by atoms with Crippen LogP contribution in [-0.2, 0) is 0 Å². The van der Waals surface area contributed by atoms with Crippen molar-refractivity contribution in [3.05, 3.63) is 53.5 Å². The molecule has 24 heavy (non-hydrogen) atoms. The van der Waals surface area contributed by atoms with Gasteiger partial charge >= 0.3 is 0 Å². The summed E-state index contributed by atoms with van der Waals surface area (Å²) in [7, 11) is 0. The Labute approximate surface area is 143 Å². The Morgan fingerprint density at radius 1 is 1.25 bits per heavy atom. The minimum absolute atomic E-state index is 0.409. The van der Waals surface area contributed by atoms with Crippen LogP contribution < -0.4 is 5.32 Å². The van der Waals surface area contributed by atoms with E-state index in [0.717, 1.165) is 37.4 Å². The Bertz CT molecular complexity index is 714. The fourth-order valence-electron chi connectivity index (χ4n) is 3.30. The summed E-state index contributed by atoms with van der Waals surface area (Å²) >= 11 is 0. The van der Waals surface area contributed by atoms with Gasteiger partial charge in [-0.2, -0.15) is 5.26 Å². The van der Waals surface area contributed by atoms with E-state index in [-0.39, 0.29) is 0 Å². The number of nitriles is 1. The van der Waals surface area contributed by atoms with Gasteiger partial charge in [-0.15, -0.1) is 0 Å². The number of piperidine rings is 1. The second-order valence-electron chi connectivity index (χ2n) is 6.41. The first-order valence-electron chi connectivity index (χ1n) is 8.45. The largest absolute Gasteiger partial charge is 0.367 e. The van der Waals surface area contributed by atoms with Crippen LogP contribution in [0.2, 0.25) is 0 Å². The molecular weight excluding hydrogens is 298 g/mol. The molecule has 0 spiro atoms. The summed E-state index contributed by atoms with van der Waals surface area (Å²) in [6.07, 6.45) is 5.87. The number of hydrogen-bond acceptors (Lipinski definition) is 5. The zero-order valence-corrected chi connectivity index (χ0v) is 14.2. The van der Waals surface area contributed by atoms with E-state index in [4.69, 9.17) is 5.26 Å². The fraction of sp³-hybridized carbons (Fsp3) is 0.421. The molecule has 1 unspecified atom stereocenters. The first-order chi connectivity index (χ1) is 11.7. The van der Waals surface area contributed by atoms with Crippen molar-refractivity contribution in [2.24, 2.45) is 0 Å². The van der Waals surface area contributed by atoms with E-state index in [0.29, 0.717) is 17.6 Å². The molecule has 3 heterocycles. The predicted octanol–water partition coefficient (Wildman–Crippen LogP) is 3.29. The van der Waals surface area contributed by atoms with E-state index < -0.39 is 0 Å². The first kappa shape index (κ1) is 16.4. The van der Waals surface area contributed by atoms with E-state index in [1.807, 2.05) is 31.5 Å². The Morgan fingerprint density at radius 2 is 1.96 bits per heavy atom. The van der Waals surface area contributed by atoms with Crippen LogP contribution in [0.3, 0.4) is 0 Å². The Morgan fingerprint density at radius 3 is 2.62 bits per heavy atom. The Kier molecular flexibility index (Phi) is 5.07. The van der Waals surface area contributed by atoms with Gasteiger partial charge in [-0.3, -0.25) is 9.88 Å². The smallest absolute Gasteiger partial charge is 0.127 e. The van der Waals surface area contributed by atoms with Crippen LogP contribution in [0.25, 0.3) is 0 Å². The van der Waals surface area contributed by atoms with Gasteiger partial charge in [0.25, 0.3) is 0 Å². The summed E-state index contributed by atoms with van der Waals surface area (Å²) in [6, 6.07) is 10.8. The maximum atomic E-state index is 9.08. The summed E-state index contributed by atoms with van der Waals surface area (Å²) in [5.41, 5.74) is 2.85. The standard InChI is InChI=1S/C19H23N5/c1-14-11-16(13-20)12-19(22-14)23-18-5-9-24(10-6-18)15(2)17-3-7-21-8-4-17/h3-4,7-8,11-12,15,18H,5-6,9-10H2,1-2H3,(H,22,23). The maximum Gasteiger partial charge on any atom is 0.127 e. The summed E-state index contributed by atoms with van der Waals surface area (Å²) in [5, 5.41) is 12.6. The molecular formula is C19H23N5. The van der Waals surface area contributed by atoms with E-state index in [9.17, 15) is 0 Å². The average molecular weight is 321 g/mol. The number of hydrogen-bond donors (Lipinski definition) is 1. The molecule has 1 saturated heterocycles. The third-order valence-electron chi connectivity index (χ3n) is 4.70. The van der Waals surface area contributed by atoms with Gasteiger partial charge in [0.15, 0.2) is 0 Å². The van der Waals surface area contributed by atoms with Gasteiger partial charge in [-0.25, -0.2) is 4.98 Å². The number of aromatic nitrogens is 2. The average Bonchev–Trinajstić information content (AvgIpc) is 2.62. The molecule has 1 atom stereocenters. The van der Waals surface area contributed by atoms with Crippen LogP contribution in [-0.4, -0.2) is 34.0 Å². The molecule has 5 heteroatoms. The van der Waals surface area contributed by atoms with E-state index >= 15 is 0 Å². The number of rotatable bonds is 4. The number of anilines is 1. The molecule has 0 amide bonds. The molecule has 1 fully saturated rings. The zero-order chi connectivity index (χ0) is 16.9.